The monoisotopic (exact) mass is 443 g/mol. The topological polar surface area (TPSA) is 79.4 Å². The largest absolute Gasteiger partial charge is 0.324 e. The van der Waals surface area contributed by atoms with Gasteiger partial charge < -0.3 is 5.32 Å². The van der Waals surface area contributed by atoms with Crippen LogP contribution in [0.5, 0.6) is 0 Å². The lowest BCUT2D eigenvalue weighted by atomic mass is 10.2. The maximum Gasteiger partial charge on any atom is 0.244 e. The van der Waals surface area contributed by atoms with Crippen LogP contribution in [0.25, 0.3) is 0 Å². The van der Waals surface area contributed by atoms with Crippen LogP contribution >= 0.6 is 23.4 Å². The van der Waals surface area contributed by atoms with Gasteiger partial charge in [-0.25, -0.2) is 17.8 Å². The van der Waals surface area contributed by atoms with Crippen LogP contribution in [0.15, 0.2) is 46.5 Å². The third kappa shape index (κ3) is 5.22. The van der Waals surface area contributed by atoms with Gasteiger partial charge in [-0.05, 0) is 43.2 Å². The normalized spacial score (nSPS) is 15.4. The van der Waals surface area contributed by atoms with Crippen LogP contribution in [0.3, 0.4) is 0 Å². The Morgan fingerprint density at radius 3 is 2.61 bits per heavy atom. The van der Waals surface area contributed by atoms with E-state index in [1.54, 1.807) is 6.07 Å². The number of benzene rings is 1. The number of amides is 1. The zero-order valence-corrected chi connectivity index (χ0v) is 17.3. The van der Waals surface area contributed by atoms with E-state index in [0.29, 0.717) is 23.8 Å². The van der Waals surface area contributed by atoms with Crippen LogP contribution in [-0.4, -0.2) is 42.5 Å². The Balaban J connectivity index is 1.57. The molecule has 0 aliphatic carbocycles. The van der Waals surface area contributed by atoms with E-state index in [1.807, 2.05) is 0 Å². The van der Waals surface area contributed by atoms with Crippen LogP contribution in [-0.2, 0) is 14.8 Å². The van der Waals surface area contributed by atoms with Crippen molar-refractivity contribution in [2.24, 2.45) is 0 Å². The number of thioether (sulfide) groups is 1. The van der Waals surface area contributed by atoms with Gasteiger partial charge in [0, 0.05) is 19.3 Å². The third-order valence-corrected chi connectivity index (χ3v) is 7.36. The highest BCUT2D eigenvalue weighted by Crippen LogP contribution is 2.24. The number of hydrogen-bond acceptors (Lipinski definition) is 5. The first-order valence-electron chi connectivity index (χ1n) is 8.70. The van der Waals surface area contributed by atoms with Gasteiger partial charge in [0.1, 0.15) is 10.7 Å². The van der Waals surface area contributed by atoms with Gasteiger partial charge >= 0.3 is 0 Å². The summed E-state index contributed by atoms with van der Waals surface area (Å²) in [6.45, 7) is 1.07. The van der Waals surface area contributed by atoms with E-state index < -0.39 is 15.8 Å². The van der Waals surface area contributed by atoms with Crippen LogP contribution < -0.4 is 5.32 Å². The highest BCUT2D eigenvalue weighted by molar-refractivity contribution is 7.99. The fourth-order valence-corrected chi connectivity index (χ4v) is 5.10. The van der Waals surface area contributed by atoms with E-state index in [0.717, 1.165) is 37.1 Å². The van der Waals surface area contributed by atoms with Gasteiger partial charge in [-0.3, -0.25) is 4.79 Å². The molecule has 1 aliphatic rings. The van der Waals surface area contributed by atoms with Crippen LogP contribution in [0.2, 0.25) is 5.02 Å². The van der Waals surface area contributed by atoms with Crippen LogP contribution in [0.1, 0.15) is 19.3 Å². The molecular weight excluding hydrogens is 425 g/mol. The quantitative estimate of drug-likeness (QED) is 0.687. The summed E-state index contributed by atoms with van der Waals surface area (Å²) in [5.41, 5.74) is 0.324. The highest BCUT2D eigenvalue weighted by atomic mass is 35.5. The van der Waals surface area contributed by atoms with Gasteiger partial charge in [-0.1, -0.05) is 29.8 Å². The minimum Gasteiger partial charge on any atom is -0.324 e. The van der Waals surface area contributed by atoms with Gasteiger partial charge in [-0.15, -0.1) is 0 Å². The van der Waals surface area contributed by atoms with Crippen molar-refractivity contribution >= 4 is 45.0 Å². The highest BCUT2D eigenvalue weighted by Gasteiger charge is 2.26. The molecule has 6 nitrogen and oxygen atoms in total. The van der Waals surface area contributed by atoms with Crippen molar-refractivity contribution in [3.63, 3.8) is 0 Å². The first-order chi connectivity index (χ1) is 13.4. The number of anilines is 1. The predicted molar refractivity (Wildman–Crippen MR) is 108 cm³/mol. The summed E-state index contributed by atoms with van der Waals surface area (Å²) in [4.78, 5) is 16.3. The number of nitrogens with one attached hydrogen (secondary N) is 1. The van der Waals surface area contributed by atoms with E-state index in [9.17, 15) is 17.6 Å². The molecule has 28 heavy (non-hydrogen) atoms. The number of sulfonamides is 1. The number of nitrogens with zero attached hydrogens (tertiary/aromatic N) is 2. The fraction of sp³-hybridized carbons (Fsp3) is 0.333. The summed E-state index contributed by atoms with van der Waals surface area (Å²) in [6, 6.07) is 6.80. The number of pyridine rings is 1. The van der Waals surface area contributed by atoms with E-state index in [4.69, 9.17) is 11.6 Å². The summed E-state index contributed by atoms with van der Waals surface area (Å²) >= 11 is 7.04. The van der Waals surface area contributed by atoms with E-state index in [2.05, 4.69) is 10.3 Å². The molecule has 1 aromatic heterocycles. The predicted octanol–water partition coefficient (Wildman–Crippen LogP) is 3.78. The molecule has 1 saturated heterocycles. The molecule has 0 unspecified atom stereocenters. The summed E-state index contributed by atoms with van der Waals surface area (Å²) in [6.07, 6.45) is 4.10. The first kappa shape index (κ1) is 21.0. The Hall–Kier alpha value is -1.68. The van der Waals surface area contributed by atoms with Gasteiger partial charge in [0.2, 0.25) is 15.9 Å². The number of piperidine rings is 1. The van der Waals surface area contributed by atoms with E-state index in [1.165, 1.54) is 28.7 Å². The number of carbonyl (C=O) groups excluding carboxylic acids is 1. The Morgan fingerprint density at radius 2 is 1.96 bits per heavy atom. The molecule has 1 amide bonds. The number of halogens is 2. The van der Waals surface area contributed by atoms with Crippen molar-refractivity contribution in [2.45, 2.75) is 29.2 Å². The van der Waals surface area contributed by atoms with Crippen molar-refractivity contribution in [1.82, 2.24) is 9.29 Å². The molecule has 0 atom stereocenters. The molecule has 3 rings (SSSR count). The summed E-state index contributed by atoms with van der Waals surface area (Å²) in [7, 11) is -3.52. The molecule has 1 aliphatic heterocycles. The Labute approximate surface area is 172 Å². The molecule has 1 fully saturated rings. The summed E-state index contributed by atoms with van der Waals surface area (Å²) in [5, 5.41) is 3.24. The zero-order chi connectivity index (χ0) is 20.1. The minimum absolute atomic E-state index is 0.0545. The average molecular weight is 444 g/mol. The molecule has 1 N–H and O–H groups in total. The first-order valence-corrected chi connectivity index (χ1v) is 11.5. The van der Waals surface area contributed by atoms with E-state index >= 15 is 0 Å². The van der Waals surface area contributed by atoms with Gasteiger partial charge in [0.05, 0.1) is 21.5 Å². The zero-order valence-electron chi connectivity index (χ0n) is 14.9. The standard InChI is InChI=1S/C18H19ClFN3O3S2/c19-15-10-13(20)4-6-16(15)22-17(24)12-27-18-7-5-14(11-21-18)28(25,26)23-8-2-1-3-9-23/h4-7,10-11H,1-3,8-9,12H2,(H,22,24). The second-order valence-electron chi connectivity index (χ2n) is 6.26. The Morgan fingerprint density at radius 1 is 1.21 bits per heavy atom. The lowest BCUT2D eigenvalue weighted by Crippen LogP contribution is -2.35. The molecule has 0 saturated carbocycles. The van der Waals surface area contributed by atoms with Crippen LogP contribution in [0, 0.1) is 5.82 Å². The van der Waals surface area contributed by atoms with Crippen molar-refractivity contribution in [3.8, 4) is 0 Å². The second kappa shape index (κ2) is 9.21. The number of aromatic nitrogens is 1. The molecule has 0 radical (unpaired) electrons. The molecule has 2 heterocycles. The van der Waals surface area contributed by atoms with Crippen LogP contribution in [0.4, 0.5) is 10.1 Å². The Bertz CT molecular complexity index is 949. The molecule has 0 spiro atoms. The molecule has 10 heteroatoms. The number of rotatable bonds is 6. The lowest BCUT2D eigenvalue weighted by Gasteiger charge is -2.25. The van der Waals surface area contributed by atoms with Gasteiger partial charge in [-0.2, -0.15) is 4.31 Å². The molecule has 2 aromatic rings. The van der Waals surface area contributed by atoms with Crippen molar-refractivity contribution in [3.05, 3.63) is 47.4 Å². The maximum atomic E-state index is 13.0. The third-order valence-electron chi connectivity index (χ3n) is 4.22. The maximum absolute atomic E-state index is 13.0. The van der Waals surface area contributed by atoms with Crippen molar-refractivity contribution in [2.75, 3.05) is 24.2 Å². The minimum atomic E-state index is -3.52. The SMILES string of the molecule is O=C(CSc1ccc(S(=O)(=O)N2CCCCC2)cn1)Nc1ccc(F)cc1Cl. The van der Waals surface area contributed by atoms with Crippen molar-refractivity contribution < 1.29 is 17.6 Å². The average Bonchev–Trinajstić information content (AvgIpc) is 2.69. The number of hydrogen-bond donors (Lipinski definition) is 1. The molecule has 150 valence electrons. The van der Waals surface area contributed by atoms with Crippen molar-refractivity contribution in [1.29, 1.82) is 0 Å². The summed E-state index contributed by atoms with van der Waals surface area (Å²) < 4.78 is 39.7. The van der Waals surface area contributed by atoms with Gasteiger partial charge in [0.15, 0.2) is 0 Å². The van der Waals surface area contributed by atoms with E-state index in [-0.39, 0.29) is 21.6 Å². The fourth-order valence-electron chi connectivity index (χ4n) is 2.78. The molecular formula is C18H19ClFN3O3S2. The lowest BCUT2D eigenvalue weighted by molar-refractivity contribution is -0.113. The Kier molecular flexibility index (Phi) is 6.92. The second-order valence-corrected chi connectivity index (χ2v) is 9.60. The molecule has 1 aromatic carbocycles. The number of carbonyl (C=O) groups is 1. The smallest absolute Gasteiger partial charge is 0.244 e. The summed E-state index contributed by atoms with van der Waals surface area (Å²) in [5.74, 6) is -0.759. The molecule has 0 bridgehead atoms. The van der Waals surface area contributed by atoms with Gasteiger partial charge in [0.25, 0.3) is 0 Å².